The highest BCUT2D eigenvalue weighted by Crippen LogP contribution is 2.31. The van der Waals surface area contributed by atoms with Crippen LogP contribution in [0.3, 0.4) is 0 Å². The van der Waals surface area contributed by atoms with E-state index in [9.17, 15) is 4.79 Å². The molecule has 1 amide bonds. The number of rotatable bonds is 5. The van der Waals surface area contributed by atoms with Crippen molar-refractivity contribution in [3.63, 3.8) is 0 Å². The lowest BCUT2D eigenvalue weighted by molar-refractivity contribution is 0.102. The molecule has 4 aromatic rings. The molecule has 8 heteroatoms. The lowest BCUT2D eigenvalue weighted by Crippen LogP contribution is -2.15. The second-order valence-electron chi connectivity index (χ2n) is 7.16. The minimum absolute atomic E-state index is 0.265. The third-order valence-electron chi connectivity index (χ3n) is 5.12. The molecule has 156 valence electrons. The van der Waals surface area contributed by atoms with Crippen molar-refractivity contribution in [2.75, 3.05) is 5.32 Å². The van der Waals surface area contributed by atoms with Crippen LogP contribution < -0.4 is 5.32 Å². The van der Waals surface area contributed by atoms with Gasteiger partial charge in [-0.25, -0.2) is 4.98 Å². The van der Waals surface area contributed by atoms with E-state index in [1.54, 1.807) is 29.5 Å². The Morgan fingerprint density at radius 2 is 1.94 bits per heavy atom. The van der Waals surface area contributed by atoms with E-state index >= 15 is 0 Å². The fourth-order valence-corrected chi connectivity index (χ4v) is 3.55. The summed E-state index contributed by atoms with van der Waals surface area (Å²) in [5, 5.41) is 7.56. The summed E-state index contributed by atoms with van der Waals surface area (Å²) in [6, 6.07) is 5.71. The zero-order valence-electron chi connectivity index (χ0n) is 17.4. The van der Waals surface area contributed by atoms with Gasteiger partial charge in [-0.1, -0.05) is 24.6 Å². The lowest BCUT2D eigenvalue weighted by atomic mass is 10.0. The van der Waals surface area contributed by atoms with Crippen molar-refractivity contribution < 1.29 is 4.79 Å². The molecule has 0 aliphatic rings. The Labute approximate surface area is 185 Å². The van der Waals surface area contributed by atoms with Crippen molar-refractivity contribution >= 4 is 23.3 Å². The summed E-state index contributed by atoms with van der Waals surface area (Å²) in [6.45, 7) is 3.95. The highest BCUT2D eigenvalue weighted by molar-refractivity contribution is 6.33. The van der Waals surface area contributed by atoms with Gasteiger partial charge in [0, 0.05) is 36.8 Å². The third kappa shape index (κ3) is 4.32. The van der Waals surface area contributed by atoms with Crippen molar-refractivity contribution in [1.82, 2.24) is 24.7 Å². The van der Waals surface area contributed by atoms with Crippen LogP contribution in [0.25, 0.3) is 22.4 Å². The van der Waals surface area contributed by atoms with Gasteiger partial charge in [0.25, 0.3) is 5.91 Å². The molecule has 0 saturated carbocycles. The first-order valence-electron chi connectivity index (χ1n) is 9.82. The molecule has 0 atom stereocenters. The number of benzene rings is 1. The number of amides is 1. The van der Waals surface area contributed by atoms with Crippen LogP contribution in [0.1, 0.15) is 28.4 Å². The number of anilines is 1. The van der Waals surface area contributed by atoms with Gasteiger partial charge < -0.3 is 5.32 Å². The van der Waals surface area contributed by atoms with Crippen molar-refractivity contribution in [3.05, 3.63) is 77.1 Å². The van der Waals surface area contributed by atoms with Crippen LogP contribution in [0.15, 0.2) is 55.4 Å². The number of nitrogens with one attached hydrogen (secondary N) is 1. The molecule has 0 unspecified atom stereocenters. The first-order chi connectivity index (χ1) is 15.0. The molecule has 0 fully saturated rings. The maximum absolute atomic E-state index is 12.7. The predicted octanol–water partition coefficient (Wildman–Crippen LogP) is 4.72. The van der Waals surface area contributed by atoms with E-state index in [0.717, 1.165) is 34.2 Å². The minimum atomic E-state index is -0.265. The summed E-state index contributed by atoms with van der Waals surface area (Å²) in [4.78, 5) is 25.6. The Bertz CT molecular complexity index is 1250. The Balaban J connectivity index is 1.57. The molecular weight excluding hydrogens is 412 g/mol. The summed E-state index contributed by atoms with van der Waals surface area (Å²) >= 11 is 6.41. The fraction of sp³-hybridized carbons (Fsp3) is 0.174. The van der Waals surface area contributed by atoms with E-state index in [-0.39, 0.29) is 5.91 Å². The Kier molecular flexibility index (Phi) is 5.77. The van der Waals surface area contributed by atoms with Crippen molar-refractivity contribution in [3.8, 4) is 22.4 Å². The minimum Gasteiger partial charge on any atom is -0.305 e. The first kappa shape index (κ1) is 20.7. The van der Waals surface area contributed by atoms with E-state index in [4.69, 9.17) is 11.6 Å². The maximum Gasteiger partial charge on any atom is 0.258 e. The molecule has 3 aromatic heterocycles. The summed E-state index contributed by atoms with van der Waals surface area (Å²) in [5.74, 6) is 0.0912. The van der Waals surface area contributed by atoms with Crippen LogP contribution >= 0.6 is 11.6 Å². The number of hydrogen-bond acceptors (Lipinski definition) is 5. The smallest absolute Gasteiger partial charge is 0.258 e. The predicted molar refractivity (Wildman–Crippen MR) is 121 cm³/mol. The molecule has 0 bridgehead atoms. The Morgan fingerprint density at radius 1 is 1.10 bits per heavy atom. The number of aromatic nitrogens is 5. The van der Waals surface area contributed by atoms with Crippen molar-refractivity contribution in [1.29, 1.82) is 0 Å². The van der Waals surface area contributed by atoms with E-state index in [0.29, 0.717) is 22.1 Å². The zero-order valence-corrected chi connectivity index (χ0v) is 18.2. The number of aryl methyl sites for hydroxylation is 2. The van der Waals surface area contributed by atoms with Gasteiger partial charge in [0.15, 0.2) is 5.82 Å². The number of hydrogen-bond donors (Lipinski definition) is 1. The number of halogens is 1. The number of pyridine rings is 1. The van der Waals surface area contributed by atoms with Crippen LogP contribution in [-0.4, -0.2) is 30.6 Å². The van der Waals surface area contributed by atoms with Gasteiger partial charge in [0.1, 0.15) is 0 Å². The largest absolute Gasteiger partial charge is 0.305 e. The molecule has 3 heterocycles. The van der Waals surface area contributed by atoms with Gasteiger partial charge in [-0.2, -0.15) is 5.10 Å². The molecule has 1 aromatic carbocycles. The molecule has 1 N–H and O–H groups in total. The Hall–Kier alpha value is -3.58. The summed E-state index contributed by atoms with van der Waals surface area (Å²) in [5.41, 5.74) is 5.80. The molecule has 4 rings (SSSR count). The van der Waals surface area contributed by atoms with E-state index in [1.165, 1.54) is 6.20 Å². The third-order valence-corrected chi connectivity index (χ3v) is 5.45. The van der Waals surface area contributed by atoms with Gasteiger partial charge in [-0.05, 0) is 42.2 Å². The molecular formula is C23H21ClN6O. The normalized spacial score (nSPS) is 10.8. The summed E-state index contributed by atoms with van der Waals surface area (Å²) in [6.07, 6.45) is 11.0. The number of carbonyl (C=O) groups is 1. The second-order valence-corrected chi connectivity index (χ2v) is 7.57. The SMILES string of the molecule is CCc1cncc(C(=O)Nc2cnc(-c3cc(-c4cnn(C)c4)ccc3Cl)cn2)c1C. The van der Waals surface area contributed by atoms with Gasteiger partial charge in [0.05, 0.1) is 34.9 Å². The summed E-state index contributed by atoms with van der Waals surface area (Å²) < 4.78 is 1.74. The average molecular weight is 433 g/mol. The molecule has 0 radical (unpaired) electrons. The van der Waals surface area contributed by atoms with Crippen LogP contribution in [0.4, 0.5) is 5.82 Å². The van der Waals surface area contributed by atoms with Crippen LogP contribution in [0, 0.1) is 6.92 Å². The van der Waals surface area contributed by atoms with E-state index < -0.39 is 0 Å². The topological polar surface area (TPSA) is 85.6 Å². The van der Waals surface area contributed by atoms with E-state index in [1.807, 2.05) is 45.3 Å². The number of nitrogens with zero attached hydrogens (tertiary/aromatic N) is 5. The summed E-state index contributed by atoms with van der Waals surface area (Å²) in [7, 11) is 1.87. The average Bonchev–Trinajstić information content (AvgIpc) is 3.21. The first-order valence-corrected chi connectivity index (χ1v) is 10.2. The van der Waals surface area contributed by atoms with Crippen molar-refractivity contribution in [2.24, 2.45) is 7.05 Å². The molecule has 0 saturated heterocycles. The van der Waals surface area contributed by atoms with Gasteiger partial charge in [-0.15, -0.1) is 0 Å². The number of carbonyl (C=O) groups excluding carboxylic acids is 1. The highest BCUT2D eigenvalue weighted by atomic mass is 35.5. The molecule has 7 nitrogen and oxygen atoms in total. The van der Waals surface area contributed by atoms with Crippen molar-refractivity contribution in [2.45, 2.75) is 20.3 Å². The molecule has 0 aliphatic carbocycles. The zero-order chi connectivity index (χ0) is 22.0. The molecule has 0 spiro atoms. The van der Waals surface area contributed by atoms with Gasteiger partial charge in [0.2, 0.25) is 0 Å². The molecule has 0 aliphatic heterocycles. The quantitative estimate of drug-likeness (QED) is 0.493. The highest BCUT2D eigenvalue weighted by Gasteiger charge is 2.14. The van der Waals surface area contributed by atoms with Crippen LogP contribution in [0.5, 0.6) is 0 Å². The fourth-order valence-electron chi connectivity index (χ4n) is 3.34. The second kappa shape index (κ2) is 8.65. The Morgan fingerprint density at radius 3 is 2.61 bits per heavy atom. The maximum atomic E-state index is 12.7. The lowest BCUT2D eigenvalue weighted by Gasteiger charge is -2.10. The van der Waals surface area contributed by atoms with E-state index in [2.05, 4.69) is 25.4 Å². The van der Waals surface area contributed by atoms with Crippen LogP contribution in [0.2, 0.25) is 5.02 Å². The van der Waals surface area contributed by atoms with Crippen LogP contribution in [-0.2, 0) is 13.5 Å². The molecule has 31 heavy (non-hydrogen) atoms. The monoisotopic (exact) mass is 432 g/mol. The standard InChI is InChI=1S/C23H21ClN6O/c1-4-15-8-25-10-19(14(15)2)23(31)29-22-12-26-21(11-27-22)18-7-16(5-6-20(18)24)17-9-28-30(3)13-17/h5-13H,4H2,1-3H3,(H,27,29,31). The van der Waals surface area contributed by atoms with Gasteiger partial charge in [-0.3, -0.25) is 19.4 Å². The van der Waals surface area contributed by atoms with Gasteiger partial charge >= 0.3 is 0 Å².